The van der Waals surface area contributed by atoms with Gasteiger partial charge in [0, 0.05) is 17.5 Å². The van der Waals surface area contributed by atoms with Crippen molar-refractivity contribution in [2.75, 3.05) is 6.61 Å². The van der Waals surface area contributed by atoms with Crippen molar-refractivity contribution in [1.29, 1.82) is 0 Å². The van der Waals surface area contributed by atoms with Crippen molar-refractivity contribution in [1.82, 2.24) is 0 Å². The molecule has 0 unspecified atom stereocenters. The standard InChI is InChI=1S/C21H13F5O3/c1-2-3-6-28-13-9-16(23)20(17(24)10-13)29-21(27)11-4-5-14-12(7-11)8-15(22)19(26)18(14)25/h2-5,7-10H,6H2,1H3. The molecule has 0 aliphatic carbocycles. The van der Waals surface area contributed by atoms with Gasteiger partial charge in [-0.1, -0.05) is 18.2 Å². The van der Waals surface area contributed by atoms with Crippen LogP contribution in [0.4, 0.5) is 22.0 Å². The molecule has 0 aromatic heterocycles. The highest BCUT2D eigenvalue weighted by Gasteiger charge is 2.20. The average Bonchev–Trinajstić information content (AvgIpc) is 2.68. The van der Waals surface area contributed by atoms with Gasteiger partial charge in [0.15, 0.2) is 29.1 Å². The molecular weight excluding hydrogens is 395 g/mol. The monoisotopic (exact) mass is 408 g/mol. The highest BCUT2D eigenvalue weighted by atomic mass is 19.2. The highest BCUT2D eigenvalue weighted by molar-refractivity contribution is 5.96. The summed E-state index contributed by atoms with van der Waals surface area (Å²) in [7, 11) is 0. The van der Waals surface area contributed by atoms with Crippen molar-refractivity contribution in [3.05, 3.63) is 83.2 Å². The zero-order valence-corrected chi connectivity index (χ0v) is 14.9. The van der Waals surface area contributed by atoms with Gasteiger partial charge in [-0.05, 0) is 30.5 Å². The normalized spacial score (nSPS) is 11.2. The molecule has 0 amide bonds. The zero-order valence-electron chi connectivity index (χ0n) is 14.9. The van der Waals surface area contributed by atoms with Gasteiger partial charge in [-0.2, -0.15) is 0 Å². The molecule has 0 radical (unpaired) electrons. The maximum absolute atomic E-state index is 14.1. The zero-order chi connectivity index (χ0) is 21.1. The summed E-state index contributed by atoms with van der Waals surface area (Å²) in [6.07, 6.45) is 3.32. The molecule has 0 saturated heterocycles. The molecule has 8 heteroatoms. The lowest BCUT2D eigenvalue weighted by Crippen LogP contribution is -2.11. The fourth-order valence-electron chi connectivity index (χ4n) is 2.54. The summed E-state index contributed by atoms with van der Waals surface area (Å²) in [5.74, 6) is -9.06. The fraction of sp³-hybridized carbons (Fsp3) is 0.0952. The molecule has 29 heavy (non-hydrogen) atoms. The first-order valence-electron chi connectivity index (χ1n) is 8.34. The number of rotatable bonds is 5. The summed E-state index contributed by atoms with van der Waals surface area (Å²) in [5.41, 5.74) is -0.241. The molecule has 0 heterocycles. The number of allylic oxidation sites excluding steroid dienone is 1. The number of esters is 1. The molecule has 0 bridgehead atoms. The van der Waals surface area contributed by atoms with Crippen molar-refractivity contribution in [3.8, 4) is 11.5 Å². The van der Waals surface area contributed by atoms with Crippen LogP contribution in [0, 0.1) is 29.1 Å². The van der Waals surface area contributed by atoms with Gasteiger partial charge in [0.1, 0.15) is 12.4 Å². The Balaban J connectivity index is 1.87. The largest absolute Gasteiger partial charge is 0.489 e. The lowest BCUT2D eigenvalue weighted by Gasteiger charge is -2.10. The van der Waals surface area contributed by atoms with Gasteiger partial charge in [-0.15, -0.1) is 0 Å². The third kappa shape index (κ3) is 4.21. The number of benzene rings is 3. The van der Waals surface area contributed by atoms with Gasteiger partial charge in [0.25, 0.3) is 0 Å². The van der Waals surface area contributed by atoms with E-state index in [0.29, 0.717) is 6.07 Å². The molecule has 0 spiro atoms. The molecule has 0 N–H and O–H groups in total. The van der Waals surface area contributed by atoms with Gasteiger partial charge >= 0.3 is 5.97 Å². The molecule has 3 aromatic carbocycles. The molecule has 150 valence electrons. The maximum atomic E-state index is 14.1. The summed E-state index contributed by atoms with van der Waals surface area (Å²) in [6, 6.07) is 5.52. The van der Waals surface area contributed by atoms with Crippen molar-refractivity contribution < 1.29 is 36.2 Å². The predicted molar refractivity (Wildman–Crippen MR) is 95.4 cm³/mol. The molecular formula is C21H13F5O3. The van der Waals surface area contributed by atoms with E-state index in [2.05, 4.69) is 0 Å². The Morgan fingerprint density at radius 1 is 0.931 bits per heavy atom. The molecule has 0 fully saturated rings. The Morgan fingerprint density at radius 2 is 1.62 bits per heavy atom. The van der Waals surface area contributed by atoms with Crippen LogP contribution in [0.15, 0.2) is 48.6 Å². The number of carbonyl (C=O) groups is 1. The van der Waals surface area contributed by atoms with Crippen LogP contribution in [0.2, 0.25) is 0 Å². The van der Waals surface area contributed by atoms with E-state index in [4.69, 9.17) is 9.47 Å². The molecule has 0 aliphatic heterocycles. The van der Waals surface area contributed by atoms with E-state index in [-0.39, 0.29) is 28.7 Å². The van der Waals surface area contributed by atoms with E-state index < -0.39 is 40.8 Å². The third-order valence-corrected chi connectivity index (χ3v) is 3.96. The predicted octanol–water partition coefficient (Wildman–Crippen LogP) is 5.71. The lowest BCUT2D eigenvalue weighted by atomic mass is 10.1. The van der Waals surface area contributed by atoms with Crippen molar-refractivity contribution in [2.45, 2.75) is 6.92 Å². The highest BCUT2D eigenvalue weighted by Crippen LogP contribution is 2.29. The first kappa shape index (κ1) is 20.3. The first-order valence-corrected chi connectivity index (χ1v) is 8.34. The first-order chi connectivity index (χ1) is 13.8. The van der Waals surface area contributed by atoms with Crippen LogP contribution in [0.25, 0.3) is 10.8 Å². The Kier molecular flexibility index (Phi) is 5.81. The van der Waals surface area contributed by atoms with Gasteiger partial charge in [0.05, 0.1) is 5.56 Å². The summed E-state index contributed by atoms with van der Waals surface area (Å²) in [6.45, 7) is 1.85. The van der Waals surface area contributed by atoms with Gasteiger partial charge in [-0.25, -0.2) is 26.7 Å². The van der Waals surface area contributed by atoms with Crippen LogP contribution in [-0.4, -0.2) is 12.6 Å². The van der Waals surface area contributed by atoms with E-state index in [0.717, 1.165) is 30.3 Å². The van der Waals surface area contributed by atoms with Crippen LogP contribution in [0.5, 0.6) is 11.5 Å². The van der Waals surface area contributed by atoms with Crippen molar-refractivity contribution in [3.63, 3.8) is 0 Å². The third-order valence-electron chi connectivity index (χ3n) is 3.96. The number of hydrogen-bond acceptors (Lipinski definition) is 3. The molecule has 3 rings (SSSR count). The smallest absolute Gasteiger partial charge is 0.343 e. The van der Waals surface area contributed by atoms with Gasteiger partial charge in [-0.3, -0.25) is 0 Å². The van der Waals surface area contributed by atoms with Crippen molar-refractivity contribution >= 4 is 16.7 Å². The molecule has 0 saturated carbocycles. The lowest BCUT2D eigenvalue weighted by molar-refractivity contribution is 0.0720. The SMILES string of the molecule is CC=CCOc1cc(F)c(OC(=O)c2ccc3c(F)c(F)c(F)cc3c2)c(F)c1. The fourth-order valence-corrected chi connectivity index (χ4v) is 2.54. The van der Waals surface area contributed by atoms with Crippen LogP contribution >= 0.6 is 0 Å². The Labute approximate surface area is 162 Å². The van der Waals surface area contributed by atoms with Crippen molar-refractivity contribution in [2.24, 2.45) is 0 Å². The molecule has 0 aliphatic rings. The minimum Gasteiger partial charge on any atom is -0.489 e. The minimum absolute atomic E-state index is 0.0965. The van der Waals surface area contributed by atoms with Gasteiger partial charge in [0.2, 0.25) is 5.75 Å². The topological polar surface area (TPSA) is 35.5 Å². The second-order valence-electron chi connectivity index (χ2n) is 5.91. The molecule has 3 aromatic rings. The second-order valence-corrected chi connectivity index (χ2v) is 5.91. The van der Waals surface area contributed by atoms with Crippen LogP contribution < -0.4 is 9.47 Å². The van der Waals surface area contributed by atoms with E-state index in [1.807, 2.05) is 0 Å². The summed E-state index contributed by atoms with van der Waals surface area (Å²) in [5, 5.41) is -0.384. The number of halogens is 5. The Hall–Kier alpha value is -3.42. The van der Waals surface area contributed by atoms with E-state index in [1.165, 1.54) is 0 Å². The van der Waals surface area contributed by atoms with E-state index in [9.17, 15) is 26.7 Å². The van der Waals surface area contributed by atoms with Crippen LogP contribution in [0.1, 0.15) is 17.3 Å². The van der Waals surface area contributed by atoms with E-state index in [1.54, 1.807) is 19.1 Å². The van der Waals surface area contributed by atoms with Crippen LogP contribution in [-0.2, 0) is 0 Å². The number of hydrogen-bond donors (Lipinski definition) is 0. The number of ether oxygens (including phenoxy) is 2. The summed E-state index contributed by atoms with van der Waals surface area (Å²) >= 11 is 0. The number of fused-ring (bicyclic) bond motifs is 1. The Bertz CT molecular complexity index is 1100. The molecule has 3 nitrogen and oxygen atoms in total. The Morgan fingerprint density at radius 3 is 2.28 bits per heavy atom. The minimum atomic E-state index is -1.64. The summed E-state index contributed by atoms with van der Waals surface area (Å²) < 4.78 is 78.6. The van der Waals surface area contributed by atoms with Gasteiger partial charge < -0.3 is 9.47 Å². The maximum Gasteiger partial charge on any atom is 0.343 e. The summed E-state index contributed by atoms with van der Waals surface area (Å²) in [4.78, 5) is 12.2. The quantitative estimate of drug-likeness (QED) is 0.178. The molecule has 0 atom stereocenters. The second kappa shape index (κ2) is 8.30. The van der Waals surface area contributed by atoms with Crippen LogP contribution in [0.3, 0.4) is 0 Å². The van der Waals surface area contributed by atoms with E-state index >= 15 is 0 Å². The number of carbonyl (C=O) groups excluding carboxylic acids is 1. The average molecular weight is 408 g/mol.